The zero-order valence-corrected chi connectivity index (χ0v) is 22.1. The van der Waals surface area contributed by atoms with Crippen LogP contribution in [0.15, 0.2) is 58.5 Å². The molecule has 2 aromatic rings. The quantitative estimate of drug-likeness (QED) is 0.321. The second-order valence-electron chi connectivity index (χ2n) is 6.62. The van der Waals surface area contributed by atoms with E-state index < -0.39 is 0 Å². The zero-order chi connectivity index (χ0) is 25.9. The SMILES string of the molecule is CCC(=Nc1cccc(C(=O)OC)c1)SC.CCC(Cc1cccc(C(=O)OC)c1)=NC.CN. The van der Waals surface area contributed by atoms with Gasteiger partial charge in [0.15, 0.2) is 0 Å². The molecule has 0 saturated heterocycles. The molecule has 0 saturated carbocycles. The number of carbonyl (C=O) groups excluding carboxylic acids is 2. The summed E-state index contributed by atoms with van der Waals surface area (Å²) in [7, 11) is 6.06. The van der Waals surface area contributed by atoms with E-state index in [0.717, 1.165) is 41.3 Å². The Bertz CT molecular complexity index is 953. The number of esters is 2. The minimum atomic E-state index is -0.334. The molecule has 0 fully saturated rings. The summed E-state index contributed by atoms with van der Waals surface area (Å²) in [6, 6.07) is 14.6. The van der Waals surface area contributed by atoms with Gasteiger partial charge in [-0.25, -0.2) is 14.6 Å². The number of nitrogens with two attached hydrogens (primary N) is 1. The number of nitrogens with zero attached hydrogens (tertiary/aromatic N) is 2. The first-order chi connectivity index (χ1) is 16.4. The predicted octanol–water partition coefficient (Wildman–Crippen LogP) is 5.35. The van der Waals surface area contributed by atoms with E-state index in [1.165, 1.54) is 21.3 Å². The maximum Gasteiger partial charge on any atom is 0.337 e. The summed E-state index contributed by atoms with van der Waals surface area (Å²) in [5.41, 5.74) is 8.62. The molecule has 0 amide bonds. The molecule has 0 spiro atoms. The lowest BCUT2D eigenvalue weighted by molar-refractivity contribution is 0.0592. The van der Waals surface area contributed by atoms with Gasteiger partial charge in [0.05, 0.1) is 36.1 Å². The zero-order valence-electron chi connectivity index (χ0n) is 21.3. The maximum atomic E-state index is 11.3. The molecule has 0 aliphatic heterocycles. The van der Waals surface area contributed by atoms with Gasteiger partial charge in [-0.05, 0) is 62.0 Å². The molecule has 0 atom stereocenters. The van der Waals surface area contributed by atoms with Crippen LogP contribution in [0, 0.1) is 0 Å². The summed E-state index contributed by atoms with van der Waals surface area (Å²) in [6.45, 7) is 4.13. The molecule has 0 heterocycles. The summed E-state index contributed by atoms with van der Waals surface area (Å²) in [5.74, 6) is -0.632. The normalized spacial score (nSPS) is 10.8. The fraction of sp³-hybridized carbons (Fsp3) is 0.385. The Kier molecular flexibility index (Phi) is 16.8. The molecule has 0 bridgehead atoms. The third kappa shape index (κ3) is 11.2. The van der Waals surface area contributed by atoms with Gasteiger partial charge in [-0.3, -0.25) is 4.99 Å². The average molecular weight is 488 g/mol. The number of hydrogen-bond donors (Lipinski definition) is 1. The second kappa shape index (κ2) is 18.5. The van der Waals surface area contributed by atoms with Crippen molar-refractivity contribution in [1.29, 1.82) is 0 Å². The van der Waals surface area contributed by atoms with E-state index in [9.17, 15) is 9.59 Å². The Morgan fingerprint density at radius 2 is 1.47 bits per heavy atom. The summed E-state index contributed by atoms with van der Waals surface area (Å²) < 4.78 is 9.34. The Morgan fingerprint density at radius 3 is 1.94 bits per heavy atom. The van der Waals surface area contributed by atoms with Crippen molar-refractivity contribution in [2.24, 2.45) is 15.7 Å². The van der Waals surface area contributed by atoms with Crippen LogP contribution < -0.4 is 5.73 Å². The smallest absolute Gasteiger partial charge is 0.337 e. The summed E-state index contributed by atoms with van der Waals surface area (Å²) in [6.07, 6.45) is 4.60. The van der Waals surface area contributed by atoms with E-state index in [1.54, 1.807) is 43.1 Å². The Labute approximate surface area is 207 Å². The molecule has 0 aliphatic carbocycles. The van der Waals surface area contributed by atoms with E-state index in [0.29, 0.717) is 11.1 Å². The van der Waals surface area contributed by atoms with Crippen molar-refractivity contribution < 1.29 is 19.1 Å². The Hall–Kier alpha value is -2.97. The molecule has 0 radical (unpaired) electrons. The third-order valence-corrected chi connectivity index (χ3v) is 5.39. The number of methoxy groups -OCH3 is 2. The number of rotatable bonds is 7. The monoisotopic (exact) mass is 487 g/mol. The predicted molar refractivity (Wildman–Crippen MR) is 144 cm³/mol. The first-order valence-corrected chi connectivity index (χ1v) is 12.1. The van der Waals surface area contributed by atoms with E-state index >= 15 is 0 Å². The second-order valence-corrected chi connectivity index (χ2v) is 7.50. The van der Waals surface area contributed by atoms with Gasteiger partial charge in [-0.15, -0.1) is 11.8 Å². The number of carbonyl (C=O) groups is 2. The van der Waals surface area contributed by atoms with Crippen molar-refractivity contribution in [2.45, 2.75) is 33.1 Å². The number of thioether (sulfide) groups is 1. The largest absolute Gasteiger partial charge is 0.465 e. The van der Waals surface area contributed by atoms with Crippen LogP contribution in [0.1, 0.15) is 53.0 Å². The van der Waals surface area contributed by atoms with Gasteiger partial charge in [-0.1, -0.05) is 32.0 Å². The van der Waals surface area contributed by atoms with Gasteiger partial charge in [-0.2, -0.15) is 0 Å². The van der Waals surface area contributed by atoms with Gasteiger partial charge >= 0.3 is 11.9 Å². The molecule has 0 unspecified atom stereocenters. The highest BCUT2D eigenvalue weighted by molar-refractivity contribution is 8.13. The minimum Gasteiger partial charge on any atom is -0.465 e. The van der Waals surface area contributed by atoms with E-state index in [-0.39, 0.29) is 11.9 Å². The average Bonchev–Trinajstić information content (AvgIpc) is 2.91. The van der Waals surface area contributed by atoms with Crippen LogP contribution in [-0.4, -0.2) is 57.3 Å². The molecule has 2 rings (SSSR count). The van der Waals surface area contributed by atoms with Gasteiger partial charge in [0.1, 0.15) is 0 Å². The van der Waals surface area contributed by atoms with Gasteiger partial charge in [0, 0.05) is 19.2 Å². The Balaban J connectivity index is 0.000000597. The van der Waals surface area contributed by atoms with Crippen molar-refractivity contribution in [3.63, 3.8) is 0 Å². The summed E-state index contributed by atoms with van der Waals surface area (Å²) >= 11 is 1.62. The molecule has 2 N–H and O–H groups in total. The van der Waals surface area contributed by atoms with Gasteiger partial charge < -0.3 is 15.2 Å². The summed E-state index contributed by atoms with van der Waals surface area (Å²) in [5, 5.41) is 1.04. The highest BCUT2D eigenvalue weighted by atomic mass is 32.2. The lowest BCUT2D eigenvalue weighted by atomic mass is 10.0. The molecule has 0 aromatic heterocycles. The van der Waals surface area contributed by atoms with Crippen LogP contribution in [0.2, 0.25) is 0 Å². The first kappa shape index (κ1) is 31.0. The molecule has 186 valence electrons. The lowest BCUT2D eigenvalue weighted by Crippen LogP contribution is -2.05. The first-order valence-electron chi connectivity index (χ1n) is 10.9. The minimum absolute atomic E-state index is 0.298. The van der Waals surface area contributed by atoms with Crippen LogP contribution in [0.4, 0.5) is 5.69 Å². The lowest BCUT2D eigenvalue weighted by Gasteiger charge is -2.05. The molecular weight excluding hydrogens is 450 g/mol. The van der Waals surface area contributed by atoms with E-state index in [2.05, 4.69) is 39.0 Å². The molecule has 2 aromatic carbocycles. The number of benzene rings is 2. The highest BCUT2D eigenvalue weighted by Crippen LogP contribution is 2.18. The van der Waals surface area contributed by atoms with Crippen LogP contribution >= 0.6 is 11.8 Å². The van der Waals surface area contributed by atoms with Crippen molar-refractivity contribution in [1.82, 2.24) is 0 Å². The van der Waals surface area contributed by atoms with Crippen molar-refractivity contribution in [3.8, 4) is 0 Å². The fourth-order valence-corrected chi connectivity index (χ4v) is 3.24. The van der Waals surface area contributed by atoms with Crippen molar-refractivity contribution >= 4 is 40.1 Å². The third-order valence-electron chi connectivity index (χ3n) is 4.54. The van der Waals surface area contributed by atoms with Gasteiger partial charge in [0.2, 0.25) is 0 Å². The molecule has 7 nitrogen and oxygen atoms in total. The Morgan fingerprint density at radius 1 is 0.912 bits per heavy atom. The summed E-state index contributed by atoms with van der Waals surface area (Å²) in [4.78, 5) is 31.3. The van der Waals surface area contributed by atoms with Crippen LogP contribution in [-0.2, 0) is 15.9 Å². The highest BCUT2D eigenvalue weighted by Gasteiger charge is 2.07. The van der Waals surface area contributed by atoms with Gasteiger partial charge in [0.25, 0.3) is 0 Å². The molecule has 8 heteroatoms. The molecular formula is C26H37N3O4S. The standard InChI is InChI=1S/C13H17NO2.C12H15NO2S.CH5N/c1-4-12(14-2)9-10-6-5-7-11(8-10)13(15)16-3;1-4-11(16-3)13-10-7-5-6-9(8-10)12(14)15-2;1-2/h5-8H,4,9H2,1-3H3;5-8H,4H2,1-3H3;2H2,1H3. The number of hydrogen-bond acceptors (Lipinski definition) is 8. The van der Waals surface area contributed by atoms with Crippen LogP contribution in [0.25, 0.3) is 0 Å². The van der Waals surface area contributed by atoms with E-state index in [4.69, 9.17) is 0 Å². The topological polar surface area (TPSA) is 103 Å². The maximum absolute atomic E-state index is 11.3. The number of ether oxygens (including phenoxy) is 2. The molecule has 34 heavy (non-hydrogen) atoms. The van der Waals surface area contributed by atoms with Crippen LogP contribution in [0.3, 0.4) is 0 Å². The fourth-order valence-electron chi connectivity index (χ4n) is 2.76. The van der Waals surface area contributed by atoms with Crippen LogP contribution in [0.5, 0.6) is 0 Å². The molecule has 0 aliphatic rings. The number of aliphatic imine (C=N–C) groups is 2. The van der Waals surface area contributed by atoms with Crippen molar-refractivity contribution in [3.05, 3.63) is 65.2 Å². The van der Waals surface area contributed by atoms with Crippen molar-refractivity contribution in [2.75, 3.05) is 34.6 Å². The van der Waals surface area contributed by atoms with E-state index in [1.807, 2.05) is 30.5 Å².